The van der Waals surface area contributed by atoms with Crippen LogP contribution in [0.15, 0.2) is 29.3 Å². The smallest absolute Gasteiger partial charge is 0.191 e. The number of rotatable bonds is 10. The van der Waals surface area contributed by atoms with E-state index in [1.165, 1.54) is 11.1 Å². The van der Waals surface area contributed by atoms with Crippen molar-refractivity contribution in [3.63, 3.8) is 0 Å². The Bertz CT molecular complexity index is 584. The second-order valence-electron chi connectivity index (χ2n) is 7.71. The molecule has 1 aromatic rings. The maximum Gasteiger partial charge on any atom is 0.191 e. The first kappa shape index (κ1) is 22.7. The summed E-state index contributed by atoms with van der Waals surface area (Å²) in [4.78, 5) is 9.65. The second-order valence-corrected chi connectivity index (χ2v) is 7.71. The van der Waals surface area contributed by atoms with Gasteiger partial charge in [-0.2, -0.15) is 0 Å². The maximum atomic E-state index is 5.41. The monoisotopic (exact) mass is 389 g/mol. The van der Waals surface area contributed by atoms with E-state index in [9.17, 15) is 0 Å². The fourth-order valence-corrected chi connectivity index (χ4v) is 3.16. The normalized spacial score (nSPS) is 16.0. The van der Waals surface area contributed by atoms with E-state index in [-0.39, 0.29) is 0 Å². The summed E-state index contributed by atoms with van der Waals surface area (Å²) in [5.74, 6) is 0.900. The molecule has 0 spiro atoms. The van der Waals surface area contributed by atoms with Crippen molar-refractivity contribution in [2.45, 2.75) is 46.3 Å². The first-order chi connectivity index (χ1) is 13.6. The van der Waals surface area contributed by atoms with Crippen molar-refractivity contribution < 1.29 is 4.74 Å². The zero-order valence-electron chi connectivity index (χ0n) is 18.2. The Balaban J connectivity index is 1.85. The second kappa shape index (κ2) is 12.8. The predicted octanol–water partition coefficient (Wildman–Crippen LogP) is 2.30. The van der Waals surface area contributed by atoms with Gasteiger partial charge in [0.15, 0.2) is 5.96 Å². The van der Waals surface area contributed by atoms with Gasteiger partial charge >= 0.3 is 0 Å². The summed E-state index contributed by atoms with van der Waals surface area (Å²) in [6, 6.07) is 9.15. The van der Waals surface area contributed by atoms with Crippen LogP contribution in [0.25, 0.3) is 0 Å². The fourth-order valence-electron chi connectivity index (χ4n) is 3.16. The van der Waals surface area contributed by atoms with E-state index in [1.807, 2.05) is 0 Å². The number of aliphatic imine (C=N–C) groups is 1. The molecule has 1 aliphatic rings. The van der Waals surface area contributed by atoms with Gasteiger partial charge in [-0.25, -0.2) is 4.99 Å². The van der Waals surface area contributed by atoms with Crippen molar-refractivity contribution in [2.75, 3.05) is 53.0 Å². The van der Waals surface area contributed by atoms with Crippen molar-refractivity contribution in [1.82, 2.24) is 20.4 Å². The highest BCUT2D eigenvalue weighted by Gasteiger charge is 2.10. The van der Waals surface area contributed by atoms with E-state index in [4.69, 9.17) is 9.73 Å². The number of ether oxygens (including phenoxy) is 1. The van der Waals surface area contributed by atoms with Gasteiger partial charge in [0.2, 0.25) is 0 Å². The Hall–Kier alpha value is -1.63. The molecule has 0 atom stereocenters. The third-order valence-electron chi connectivity index (χ3n) is 5.22. The molecule has 2 rings (SSSR count). The molecular formula is C22H39N5O. The van der Waals surface area contributed by atoms with Crippen LogP contribution in [0.5, 0.6) is 0 Å². The van der Waals surface area contributed by atoms with E-state index in [2.05, 4.69) is 72.5 Å². The van der Waals surface area contributed by atoms with E-state index in [0.717, 1.165) is 64.9 Å². The molecule has 6 nitrogen and oxygen atoms in total. The quantitative estimate of drug-likeness (QED) is 0.365. The highest BCUT2D eigenvalue weighted by atomic mass is 16.5. The van der Waals surface area contributed by atoms with Crippen LogP contribution < -0.4 is 10.6 Å². The molecule has 0 aliphatic carbocycles. The van der Waals surface area contributed by atoms with Gasteiger partial charge in [0, 0.05) is 38.8 Å². The predicted molar refractivity (Wildman–Crippen MR) is 118 cm³/mol. The topological polar surface area (TPSA) is 52.1 Å². The van der Waals surface area contributed by atoms with Crippen LogP contribution in [0.4, 0.5) is 0 Å². The van der Waals surface area contributed by atoms with Gasteiger partial charge < -0.3 is 15.4 Å². The van der Waals surface area contributed by atoms with E-state index in [0.29, 0.717) is 12.6 Å². The molecule has 1 fully saturated rings. The average Bonchev–Trinajstić information content (AvgIpc) is 2.71. The molecule has 6 heteroatoms. The minimum absolute atomic E-state index is 0.530. The number of nitrogens with zero attached hydrogens (tertiary/aromatic N) is 3. The van der Waals surface area contributed by atoms with Crippen molar-refractivity contribution in [3.8, 4) is 0 Å². The largest absolute Gasteiger partial charge is 0.379 e. The number of nitrogens with one attached hydrogen (secondary N) is 2. The number of hydrogen-bond acceptors (Lipinski definition) is 4. The Labute approximate surface area is 171 Å². The Morgan fingerprint density at radius 1 is 1.18 bits per heavy atom. The number of morpholine rings is 1. The summed E-state index contributed by atoms with van der Waals surface area (Å²) in [6.07, 6.45) is 1.11. The summed E-state index contributed by atoms with van der Waals surface area (Å²) in [6.45, 7) is 14.9. The molecule has 1 aromatic carbocycles. The summed E-state index contributed by atoms with van der Waals surface area (Å²) in [5.41, 5.74) is 2.64. The molecule has 0 radical (unpaired) electrons. The van der Waals surface area contributed by atoms with Gasteiger partial charge in [-0.1, -0.05) is 24.3 Å². The van der Waals surface area contributed by atoms with Crippen LogP contribution in [0, 0.1) is 0 Å². The molecule has 158 valence electrons. The number of hydrogen-bond donors (Lipinski definition) is 2. The third-order valence-corrected chi connectivity index (χ3v) is 5.22. The maximum absolute atomic E-state index is 5.41. The average molecular weight is 390 g/mol. The fraction of sp³-hybridized carbons (Fsp3) is 0.682. The Morgan fingerprint density at radius 3 is 2.57 bits per heavy atom. The van der Waals surface area contributed by atoms with Crippen LogP contribution in [-0.2, 0) is 17.8 Å². The van der Waals surface area contributed by atoms with Gasteiger partial charge in [-0.05, 0) is 51.9 Å². The van der Waals surface area contributed by atoms with Crippen molar-refractivity contribution >= 4 is 5.96 Å². The highest BCUT2D eigenvalue weighted by Crippen LogP contribution is 2.13. The Morgan fingerprint density at radius 2 is 1.89 bits per heavy atom. The van der Waals surface area contributed by atoms with Crippen molar-refractivity contribution in [2.24, 2.45) is 4.99 Å². The molecule has 1 saturated heterocycles. The molecule has 0 amide bonds. The first-order valence-corrected chi connectivity index (χ1v) is 10.7. The molecule has 0 aromatic heterocycles. The molecule has 1 heterocycles. The lowest BCUT2D eigenvalue weighted by Gasteiger charge is -2.26. The van der Waals surface area contributed by atoms with Gasteiger partial charge in [0.1, 0.15) is 0 Å². The molecule has 1 aliphatic heterocycles. The first-order valence-electron chi connectivity index (χ1n) is 10.7. The van der Waals surface area contributed by atoms with Crippen LogP contribution in [-0.4, -0.2) is 74.8 Å². The van der Waals surface area contributed by atoms with Crippen LogP contribution in [0.1, 0.15) is 38.3 Å². The van der Waals surface area contributed by atoms with Gasteiger partial charge in [0.25, 0.3) is 0 Å². The zero-order chi connectivity index (χ0) is 20.2. The molecular weight excluding hydrogens is 350 g/mol. The lowest BCUT2D eigenvalue weighted by molar-refractivity contribution is 0.0376. The lowest BCUT2D eigenvalue weighted by Crippen LogP contribution is -2.40. The van der Waals surface area contributed by atoms with E-state index in [1.54, 1.807) is 0 Å². The Kier molecular flexibility index (Phi) is 10.3. The van der Waals surface area contributed by atoms with Gasteiger partial charge in [0.05, 0.1) is 19.8 Å². The molecule has 2 N–H and O–H groups in total. The van der Waals surface area contributed by atoms with E-state index < -0.39 is 0 Å². The minimum atomic E-state index is 0.530. The lowest BCUT2D eigenvalue weighted by atomic mass is 10.1. The van der Waals surface area contributed by atoms with Crippen LogP contribution >= 0.6 is 0 Å². The van der Waals surface area contributed by atoms with Crippen LogP contribution in [0.3, 0.4) is 0 Å². The summed E-state index contributed by atoms with van der Waals surface area (Å²) < 4.78 is 5.41. The molecule has 0 saturated carbocycles. The van der Waals surface area contributed by atoms with E-state index >= 15 is 0 Å². The highest BCUT2D eigenvalue weighted by molar-refractivity contribution is 5.79. The summed E-state index contributed by atoms with van der Waals surface area (Å²) in [5, 5.41) is 6.84. The van der Waals surface area contributed by atoms with Gasteiger partial charge in [-0.3, -0.25) is 9.80 Å². The number of guanidine groups is 1. The SMILES string of the molecule is CCNC(=NCc1ccccc1CN(C)C(C)C)NCCCN1CCOCC1. The third kappa shape index (κ3) is 8.17. The summed E-state index contributed by atoms with van der Waals surface area (Å²) in [7, 11) is 2.17. The minimum Gasteiger partial charge on any atom is -0.379 e. The van der Waals surface area contributed by atoms with Crippen molar-refractivity contribution in [1.29, 1.82) is 0 Å². The molecule has 28 heavy (non-hydrogen) atoms. The van der Waals surface area contributed by atoms with Gasteiger partial charge in [-0.15, -0.1) is 0 Å². The standard InChI is InChI=1S/C22H39N5O/c1-5-23-22(24-11-8-12-27-13-15-28-16-14-27)25-17-20-9-6-7-10-21(20)18-26(4)19(2)3/h6-7,9-10,19H,5,8,11-18H2,1-4H3,(H2,23,24,25). The zero-order valence-corrected chi connectivity index (χ0v) is 18.2. The van der Waals surface area contributed by atoms with Crippen LogP contribution in [0.2, 0.25) is 0 Å². The number of benzene rings is 1. The summed E-state index contributed by atoms with van der Waals surface area (Å²) >= 11 is 0. The molecule has 0 bridgehead atoms. The molecule has 0 unspecified atom stereocenters. The van der Waals surface area contributed by atoms with Crippen molar-refractivity contribution in [3.05, 3.63) is 35.4 Å².